The van der Waals surface area contributed by atoms with E-state index in [1.54, 1.807) is 24.4 Å². The van der Waals surface area contributed by atoms with Gasteiger partial charge in [-0.2, -0.15) is 5.10 Å². The summed E-state index contributed by atoms with van der Waals surface area (Å²) in [6.45, 7) is 0. The van der Waals surface area contributed by atoms with Crippen LogP contribution in [-0.2, 0) is 17.6 Å². The number of carbonyl (C=O) groups is 2. The second-order valence-electron chi connectivity index (χ2n) is 6.50. The monoisotopic (exact) mass is 391 g/mol. The summed E-state index contributed by atoms with van der Waals surface area (Å²) in [5, 5.41) is 16.6. The van der Waals surface area contributed by atoms with E-state index in [0.717, 1.165) is 31.9 Å². The number of aromatic amines is 1. The molecule has 0 unspecified atom stereocenters. The topological polar surface area (TPSA) is 95.9 Å². The lowest BCUT2D eigenvalue weighted by Crippen LogP contribution is -2.05. The zero-order chi connectivity index (χ0) is 19.5. The van der Waals surface area contributed by atoms with Gasteiger partial charge in [0.1, 0.15) is 10.8 Å². The third-order valence-corrected chi connectivity index (χ3v) is 5.50. The summed E-state index contributed by atoms with van der Waals surface area (Å²) in [4.78, 5) is 28.0. The molecule has 2 N–H and O–H groups in total. The Bertz CT molecular complexity index is 1150. The molecular formula is C21H17N3O3S. The molecule has 0 aliphatic heterocycles. The van der Waals surface area contributed by atoms with E-state index in [2.05, 4.69) is 21.2 Å². The number of aromatic carboxylic acids is 1. The molecule has 140 valence electrons. The van der Waals surface area contributed by atoms with E-state index >= 15 is 0 Å². The molecule has 7 heteroatoms. The Balaban J connectivity index is 1.42. The Kier molecular flexibility index (Phi) is 4.99. The third kappa shape index (κ3) is 3.99. The van der Waals surface area contributed by atoms with Gasteiger partial charge in [0.05, 0.1) is 28.4 Å². The zero-order valence-corrected chi connectivity index (χ0v) is 15.7. The zero-order valence-electron chi connectivity index (χ0n) is 14.9. The number of carbonyl (C=O) groups excluding carboxylic acids is 1. The molecule has 0 atom stereocenters. The van der Waals surface area contributed by atoms with Crippen molar-refractivity contribution in [2.24, 2.45) is 0 Å². The molecule has 2 aromatic heterocycles. The van der Waals surface area contributed by atoms with E-state index in [9.17, 15) is 9.59 Å². The van der Waals surface area contributed by atoms with Gasteiger partial charge in [-0.1, -0.05) is 18.2 Å². The van der Waals surface area contributed by atoms with Crippen LogP contribution in [0.25, 0.3) is 21.3 Å². The van der Waals surface area contributed by atoms with Gasteiger partial charge in [-0.3, -0.25) is 9.89 Å². The van der Waals surface area contributed by atoms with Crippen LogP contribution in [0.1, 0.15) is 27.3 Å². The van der Waals surface area contributed by atoms with Crippen LogP contribution < -0.4 is 0 Å². The number of nitrogens with one attached hydrogen (secondary N) is 1. The van der Waals surface area contributed by atoms with Gasteiger partial charge < -0.3 is 5.11 Å². The molecule has 0 spiro atoms. The smallest absolute Gasteiger partial charge is 0.335 e. The molecule has 0 saturated carbocycles. The lowest BCUT2D eigenvalue weighted by molar-refractivity contribution is -0.118. The standard InChI is InChI=1S/C21H17N3O3S/c25-17(6-4-13-2-1-3-15(8-13)21(26)27)10-20-24-18-7-5-14(9-19(18)28-20)16-11-22-23-12-16/h1-3,5,7-9,11-12H,4,6,10H2,(H,22,23)(H,26,27). The molecule has 2 aromatic carbocycles. The molecule has 28 heavy (non-hydrogen) atoms. The van der Waals surface area contributed by atoms with E-state index < -0.39 is 5.97 Å². The van der Waals surface area contributed by atoms with Gasteiger partial charge in [0.25, 0.3) is 0 Å². The number of carboxylic acid groups (broad SMARTS) is 1. The minimum Gasteiger partial charge on any atom is -0.478 e. The average Bonchev–Trinajstić information content (AvgIpc) is 3.35. The Hall–Kier alpha value is -3.32. The Labute approximate surface area is 164 Å². The van der Waals surface area contributed by atoms with Crippen molar-refractivity contribution < 1.29 is 14.7 Å². The summed E-state index contributed by atoms with van der Waals surface area (Å²) in [5.41, 5.74) is 4.04. The van der Waals surface area contributed by atoms with E-state index in [1.807, 2.05) is 24.4 Å². The second kappa shape index (κ2) is 7.74. The van der Waals surface area contributed by atoms with Crippen LogP contribution in [0.2, 0.25) is 0 Å². The van der Waals surface area contributed by atoms with Crippen molar-refractivity contribution in [3.05, 3.63) is 71.0 Å². The lowest BCUT2D eigenvalue weighted by Gasteiger charge is -2.02. The van der Waals surface area contributed by atoms with Gasteiger partial charge in [-0.15, -0.1) is 11.3 Å². The molecule has 0 aliphatic rings. The van der Waals surface area contributed by atoms with Gasteiger partial charge in [-0.25, -0.2) is 9.78 Å². The van der Waals surface area contributed by atoms with Crippen LogP contribution in [0.3, 0.4) is 0 Å². The number of rotatable bonds is 7. The fourth-order valence-corrected chi connectivity index (χ4v) is 4.07. The van der Waals surface area contributed by atoms with Gasteiger partial charge in [0.2, 0.25) is 0 Å². The van der Waals surface area contributed by atoms with E-state index in [4.69, 9.17) is 5.11 Å². The number of benzene rings is 2. The summed E-state index contributed by atoms with van der Waals surface area (Å²) in [5.74, 6) is -0.868. The molecule has 2 heterocycles. The van der Waals surface area contributed by atoms with Crippen molar-refractivity contribution in [1.29, 1.82) is 0 Å². The molecule has 0 saturated heterocycles. The number of fused-ring (bicyclic) bond motifs is 1. The number of hydrogen-bond acceptors (Lipinski definition) is 5. The number of hydrogen-bond donors (Lipinski definition) is 2. The van der Waals surface area contributed by atoms with Crippen molar-refractivity contribution in [2.45, 2.75) is 19.3 Å². The highest BCUT2D eigenvalue weighted by atomic mass is 32.1. The van der Waals surface area contributed by atoms with Crippen LogP contribution in [0.5, 0.6) is 0 Å². The summed E-state index contributed by atoms with van der Waals surface area (Å²) in [7, 11) is 0. The summed E-state index contributed by atoms with van der Waals surface area (Å²) < 4.78 is 1.04. The van der Waals surface area contributed by atoms with Crippen molar-refractivity contribution in [3.63, 3.8) is 0 Å². The normalized spacial score (nSPS) is 11.0. The Morgan fingerprint density at radius 2 is 2.00 bits per heavy atom. The van der Waals surface area contributed by atoms with Gasteiger partial charge in [-0.05, 0) is 41.8 Å². The fraction of sp³-hybridized carbons (Fsp3) is 0.143. The van der Waals surface area contributed by atoms with Crippen LogP contribution in [0, 0.1) is 0 Å². The molecule has 0 bridgehead atoms. The molecule has 0 amide bonds. The first-order valence-electron chi connectivity index (χ1n) is 8.81. The van der Waals surface area contributed by atoms with E-state index in [1.165, 1.54) is 11.3 Å². The molecular weight excluding hydrogens is 374 g/mol. The first-order chi connectivity index (χ1) is 13.6. The summed E-state index contributed by atoms with van der Waals surface area (Å²) in [6, 6.07) is 12.7. The number of thiazole rings is 1. The number of Topliss-reactive ketones (excluding diaryl/α,β-unsaturated/α-hetero) is 1. The molecule has 0 aliphatic carbocycles. The number of ketones is 1. The molecule has 0 fully saturated rings. The first kappa shape index (κ1) is 18.1. The number of aryl methyl sites for hydroxylation is 1. The van der Waals surface area contributed by atoms with E-state index in [0.29, 0.717) is 19.3 Å². The van der Waals surface area contributed by atoms with Crippen molar-refractivity contribution in [2.75, 3.05) is 0 Å². The van der Waals surface area contributed by atoms with Crippen LogP contribution in [-0.4, -0.2) is 32.0 Å². The first-order valence-corrected chi connectivity index (χ1v) is 9.63. The Morgan fingerprint density at radius 3 is 2.79 bits per heavy atom. The van der Waals surface area contributed by atoms with Crippen molar-refractivity contribution >= 4 is 33.3 Å². The average molecular weight is 391 g/mol. The van der Waals surface area contributed by atoms with Crippen molar-refractivity contribution in [3.8, 4) is 11.1 Å². The SMILES string of the molecule is O=C(CCc1cccc(C(=O)O)c1)Cc1nc2ccc(-c3cn[nH]c3)cc2s1. The Morgan fingerprint density at radius 1 is 1.11 bits per heavy atom. The van der Waals surface area contributed by atoms with Crippen molar-refractivity contribution in [1.82, 2.24) is 15.2 Å². The molecule has 4 aromatic rings. The second-order valence-corrected chi connectivity index (χ2v) is 7.61. The molecule has 6 nitrogen and oxygen atoms in total. The number of aromatic nitrogens is 3. The number of H-pyrrole nitrogens is 1. The largest absolute Gasteiger partial charge is 0.478 e. The lowest BCUT2D eigenvalue weighted by atomic mass is 10.0. The number of nitrogens with zero attached hydrogens (tertiary/aromatic N) is 2. The third-order valence-electron chi connectivity index (χ3n) is 4.48. The van der Waals surface area contributed by atoms with Crippen LogP contribution >= 0.6 is 11.3 Å². The van der Waals surface area contributed by atoms with Gasteiger partial charge >= 0.3 is 5.97 Å². The minimum atomic E-state index is -0.961. The highest BCUT2D eigenvalue weighted by Gasteiger charge is 2.11. The molecule has 4 rings (SSSR count). The van der Waals surface area contributed by atoms with Crippen LogP contribution in [0.15, 0.2) is 54.9 Å². The maximum Gasteiger partial charge on any atom is 0.335 e. The number of carboxylic acids is 1. The maximum absolute atomic E-state index is 12.4. The summed E-state index contributed by atoms with van der Waals surface area (Å²) in [6.07, 6.45) is 4.78. The van der Waals surface area contributed by atoms with E-state index in [-0.39, 0.29) is 11.3 Å². The quantitative estimate of drug-likeness (QED) is 0.494. The van der Waals surface area contributed by atoms with Gasteiger partial charge in [0, 0.05) is 18.2 Å². The summed E-state index contributed by atoms with van der Waals surface area (Å²) >= 11 is 1.52. The predicted octanol–water partition coefficient (Wildman–Crippen LogP) is 4.13. The minimum absolute atomic E-state index is 0.0924. The predicted molar refractivity (Wildman–Crippen MR) is 108 cm³/mol. The maximum atomic E-state index is 12.4. The highest BCUT2D eigenvalue weighted by Crippen LogP contribution is 2.28. The van der Waals surface area contributed by atoms with Gasteiger partial charge in [0.15, 0.2) is 0 Å². The van der Waals surface area contributed by atoms with Crippen LogP contribution in [0.4, 0.5) is 0 Å². The fourth-order valence-electron chi connectivity index (χ4n) is 3.04. The molecule has 0 radical (unpaired) electrons. The highest BCUT2D eigenvalue weighted by molar-refractivity contribution is 7.18.